The highest BCUT2D eigenvalue weighted by Crippen LogP contribution is 2.53. The molecule has 1 spiro atoms. The number of phenols is 1. The predicted octanol–water partition coefficient (Wildman–Crippen LogP) is 10.1. The van der Waals surface area contributed by atoms with E-state index in [0.29, 0.717) is 17.0 Å². The molecule has 11 rings (SSSR count). The zero-order valence-electron chi connectivity index (χ0n) is 35.9. The maximum atomic E-state index is 16.2. The van der Waals surface area contributed by atoms with Crippen molar-refractivity contribution < 1.29 is 13.9 Å². The number of aliphatic imine (C=N–C) groups is 1. The van der Waals surface area contributed by atoms with Crippen LogP contribution in [0.4, 0.5) is 20.2 Å². The highest BCUT2D eigenvalue weighted by atomic mass is 32.1. The number of anilines is 2. The maximum Gasteiger partial charge on any atom is 0.162 e. The van der Waals surface area contributed by atoms with Crippen molar-refractivity contribution in [3.8, 4) is 10.8 Å². The molecule has 6 aromatic rings. The fourth-order valence-corrected chi connectivity index (χ4v) is 12.8. The SMILES string of the molecule is Cc1sc2c(c1C)C(c1ccc(N3CC4(CC(CN5CCN(c6ccc([C@@H]7c8ccc(O)cc8CC[C@@H]7c7ccc(F)cc7)cc6F)CC5)C4)C3)cc1)=N[C@@H](C)c1nnc(C)n1-2. The van der Waals surface area contributed by atoms with E-state index in [4.69, 9.17) is 4.99 Å². The third kappa shape index (κ3) is 6.74. The second-order valence-electron chi connectivity index (χ2n) is 18.8. The molecule has 3 fully saturated rings. The summed E-state index contributed by atoms with van der Waals surface area (Å²) in [5.41, 5.74) is 11.2. The second-order valence-corrected chi connectivity index (χ2v) is 20.0. The van der Waals surface area contributed by atoms with Crippen molar-refractivity contribution in [3.05, 3.63) is 152 Å². The van der Waals surface area contributed by atoms with E-state index in [2.05, 4.69) is 80.6 Å². The Kier molecular flexibility index (Phi) is 9.64. The van der Waals surface area contributed by atoms with Gasteiger partial charge in [0.25, 0.3) is 0 Å². The van der Waals surface area contributed by atoms with Crippen molar-refractivity contribution in [3.63, 3.8) is 0 Å². The first-order chi connectivity index (χ1) is 30.0. The van der Waals surface area contributed by atoms with Crippen LogP contribution < -0.4 is 9.80 Å². The minimum Gasteiger partial charge on any atom is -0.508 e. The number of hydrogen-bond donors (Lipinski definition) is 1. The molecular formula is C51H53F2N7OS. The highest BCUT2D eigenvalue weighted by molar-refractivity contribution is 7.15. The molecule has 3 atom stereocenters. The first-order valence-electron chi connectivity index (χ1n) is 22.3. The molecule has 5 heterocycles. The van der Waals surface area contributed by atoms with Gasteiger partial charge in [0.05, 0.1) is 11.4 Å². The first kappa shape index (κ1) is 39.5. The molecule has 8 nitrogen and oxygen atoms in total. The fourth-order valence-electron chi connectivity index (χ4n) is 11.6. The maximum absolute atomic E-state index is 16.2. The average Bonchev–Trinajstić information content (AvgIpc) is 3.73. The number of aryl methyl sites for hydroxylation is 3. The second kappa shape index (κ2) is 15.2. The van der Waals surface area contributed by atoms with E-state index in [0.717, 1.165) is 104 Å². The van der Waals surface area contributed by atoms with Gasteiger partial charge in [0.2, 0.25) is 0 Å². The van der Waals surface area contributed by atoms with E-state index in [1.807, 2.05) is 37.3 Å². The molecular weight excluding hydrogens is 797 g/mol. The molecule has 318 valence electrons. The van der Waals surface area contributed by atoms with E-state index in [1.165, 1.54) is 51.7 Å². The zero-order chi connectivity index (χ0) is 42.4. The summed E-state index contributed by atoms with van der Waals surface area (Å²) in [6, 6.07) is 27.0. The van der Waals surface area contributed by atoms with Crippen LogP contribution in [-0.4, -0.2) is 76.3 Å². The number of phenolic OH excluding ortho intramolecular Hbond substituents is 1. The molecule has 0 unspecified atom stereocenters. The van der Waals surface area contributed by atoms with Gasteiger partial charge in [-0.2, -0.15) is 0 Å². The van der Waals surface area contributed by atoms with Crippen molar-refractivity contribution in [2.75, 3.05) is 55.6 Å². The number of piperazine rings is 1. The minimum atomic E-state index is -0.259. The number of nitrogens with zero attached hydrogens (tertiary/aromatic N) is 7. The van der Waals surface area contributed by atoms with Crippen molar-refractivity contribution in [2.45, 2.75) is 71.3 Å². The summed E-state index contributed by atoms with van der Waals surface area (Å²) < 4.78 is 32.2. The van der Waals surface area contributed by atoms with Gasteiger partial charge in [-0.15, -0.1) is 21.5 Å². The van der Waals surface area contributed by atoms with Crippen LogP contribution in [0.1, 0.15) is 99.5 Å². The molecule has 11 heteroatoms. The van der Waals surface area contributed by atoms with E-state index >= 15 is 4.39 Å². The van der Waals surface area contributed by atoms with Gasteiger partial charge in [-0.1, -0.05) is 36.4 Å². The van der Waals surface area contributed by atoms with E-state index in [-0.39, 0.29) is 35.3 Å². The van der Waals surface area contributed by atoms with Gasteiger partial charge in [0.15, 0.2) is 5.82 Å². The van der Waals surface area contributed by atoms with Crippen LogP contribution >= 0.6 is 11.3 Å². The summed E-state index contributed by atoms with van der Waals surface area (Å²) in [6.07, 6.45) is 4.20. The van der Waals surface area contributed by atoms with E-state index < -0.39 is 0 Å². The number of thiophene rings is 1. The summed E-state index contributed by atoms with van der Waals surface area (Å²) >= 11 is 1.80. The van der Waals surface area contributed by atoms with Crippen LogP contribution in [0.25, 0.3) is 5.00 Å². The van der Waals surface area contributed by atoms with Crippen molar-refractivity contribution >= 4 is 28.4 Å². The molecule has 2 aromatic heterocycles. The van der Waals surface area contributed by atoms with Gasteiger partial charge < -0.3 is 14.9 Å². The number of fused-ring (bicyclic) bond motifs is 4. The predicted molar refractivity (Wildman–Crippen MR) is 244 cm³/mol. The van der Waals surface area contributed by atoms with Gasteiger partial charge >= 0.3 is 0 Å². The van der Waals surface area contributed by atoms with Gasteiger partial charge in [0.1, 0.15) is 34.3 Å². The number of aromatic nitrogens is 3. The third-order valence-corrected chi connectivity index (χ3v) is 16.0. The number of hydrogen-bond acceptors (Lipinski definition) is 8. The van der Waals surface area contributed by atoms with Gasteiger partial charge in [0, 0.05) is 78.8 Å². The van der Waals surface area contributed by atoms with Crippen LogP contribution in [0.5, 0.6) is 5.75 Å². The molecule has 3 aliphatic heterocycles. The standard InChI is InChI=1S/C51H53F2N7OS/c1-30-32(3)62-50-46(30)48(54-31(2)49-56-55-33(4)60(49)50)36-7-13-40(14-8-36)59-28-51(29-59)25-34(26-51)27-57-19-21-58(22-20-57)45-18-10-38(24-44(45)53)47-42(35-5-11-39(52)12-6-35)16-9-37-23-41(61)15-17-43(37)47/h5-8,10-15,17-18,23-24,31,34,42,47,61H,9,16,19-22,25-29H2,1-4H3/t31-,42+,47-/m0/s1. The summed E-state index contributed by atoms with van der Waals surface area (Å²) in [5.74, 6) is 2.29. The summed E-state index contributed by atoms with van der Waals surface area (Å²) in [7, 11) is 0. The Morgan fingerprint density at radius 1 is 0.823 bits per heavy atom. The number of aromatic hydroxyl groups is 1. The Morgan fingerprint density at radius 2 is 1.56 bits per heavy atom. The lowest BCUT2D eigenvalue weighted by Crippen LogP contribution is -2.64. The molecule has 2 saturated heterocycles. The van der Waals surface area contributed by atoms with Crippen LogP contribution in [0.15, 0.2) is 89.9 Å². The molecule has 4 aromatic carbocycles. The number of halogens is 2. The average molecular weight is 850 g/mol. The normalized spacial score (nSPS) is 22.0. The van der Waals surface area contributed by atoms with Crippen LogP contribution in [0.2, 0.25) is 0 Å². The van der Waals surface area contributed by atoms with Gasteiger partial charge in [-0.05, 0) is 142 Å². The van der Waals surface area contributed by atoms with Crippen molar-refractivity contribution in [1.29, 1.82) is 0 Å². The summed E-state index contributed by atoms with van der Waals surface area (Å²) in [4.78, 5) is 13.9. The fraction of sp³-hybridized carbons (Fsp3) is 0.392. The molecule has 0 radical (unpaired) electrons. The Morgan fingerprint density at radius 3 is 2.31 bits per heavy atom. The molecule has 1 N–H and O–H groups in total. The van der Waals surface area contributed by atoms with E-state index in [9.17, 15) is 9.50 Å². The smallest absolute Gasteiger partial charge is 0.162 e. The molecule has 5 aliphatic rings. The lowest BCUT2D eigenvalue weighted by atomic mass is 9.57. The molecule has 0 amide bonds. The minimum absolute atomic E-state index is 0.0819. The Bertz CT molecular complexity index is 2700. The topological polar surface area (TPSA) is 73.0 Å². The quantitative estimate of drug-likeness (QED) is 0.173. The van der Waals surface area contributed by atoms with Crippen molar-refractivity contribution in [2.24, 2.45) is 16.3 Å². The summed E-state index contributed by atoms with van der Waals surface area (Å²) in [5, 5.41) is 20.3. The molecule has 2 aliphatic carbocycles. The van der Waals surface area contributed by atoms with Crippen LogP contribution in [-0.2, 0) is 6.42 Å². The van der Waals surface area contributed by atoms with Crippen molar-refractivity contribution in [1.82, 2.24) is 19.7 Å². The zero-order valence-corrected chi connectivity index (χ0v) is 36.7. The van der Waals surface area contributed by atoms with Crippen LogP contribution in [0, 0.1) is 43.7 Å². The molecule has 62 heavy (non-hydrogen) atoms. The highest BCUT2D eigenvalue weighted by Gasteiger charge is 2.52. The number of benzene rings is 4. The first-order valence-corrected chi connectivity index (χ1v) is 23.1. The molecule has 1 saturated carbocycles. The largest absolute Gasteiger partial charge is 0.508 e. The monoisotopic (exact) mass is 849 g/mol. The van der Waals surface area contributed by atoms with Crippen LogP contribution in [0.3, 0.4) is 0 Å². The third-order valence-electron chi connectivity index (χ3n) is 14.8. The molecule has 0 bridgehead atoms. The van der Waals surface area contributed by atoms with Gasteiger partial charge in [-0.25, -0.2) is 8.78 Å². The Balaban J connectivity index is 0.696. The Hall–Kier alpha value is -5.39. The lowest BCUT2D eigenvalue weighted by Gasteiger charge is -2.60. The van der Waals surface area contributed by atoms with E-state index in [1.54, 1.807) is 23.5 Å². The lowest BCUT2D eigenvalue weighted by molar-refractivity contribution is 0.00320. The Labute approximate surface area is 366 Å². The summed E-state index contributed by atoms with van der Waals surface area (Å²) in [6.45, 7) is 15.4. The number of rotatable bonds is 7. The van der Waals surface area contributed by atoms with Gasteiger partial charge in [-0.3, -0.25) is 14.5 Å².